The number of carbonyl (C=O) groups excluding carboxylic acids is 1. The van der Waals surface area contributed by atoms with Crippen molar-refractivity contribution in [2.75, 3.05) is 7.11 Å². The summed E-state index contributed by atoms with van der Waals surface area (Å²) in [4.78, 5) is 12.0. The van der Waals surface area contributed by atoms with Gasteiger partial charge in [-0.05, 0) is 42.0 Å². The predicted octanol–water partition coefficient (Wildman–Crippen LogP) is 4.20. The summed E-state index contributed by atoms with van der Waals surface area (Å²) in [5.41, 5.74) is 2.08. The molecule has 0 saturated carbocycles. The Morgan fingerprint density at radius 2 is 1.76 bits per heavy atom. The van der Waals surface area contributed by atoms with E-state index in [2.05, 4.69) is 5.32 Å². The number of furan rings is 1. The van der Waals surface area contributed by atoms with Crippen molar-refractivity contribution in [2.24, 2.45) is 0 Å². The lowest BCUT2D eigenvalue weighted by Crippen LogP contribution is -2.22. The van der Waals surface area contributed by atoms with Gasteiger partial charge in [0.25, 0.3) is 0 Å². The number of hydrogen-bond donors (Lipinski definition) is 1. The Hall–Kier alpha value is -3.01. The quantitative estimate of drug-likeness (QED) is 0.704. The van der Waals surface area contributed by atoms with E-state index in [0.717, 1.165) is 28.4 Å². The molecular weight excluding hydrogens is 314 g/mol. The number of benzene rings is 2. The van der Waals surface area contributed by atoms with Crippen molar-refractivity contribution in [2.45, 2.75) is 19.4 Å². The molecule has 0 aliphatic carbocycles. The molecule has 0 unspecified atom stereocenters. The third-order valence-electron chi connectivity index (χ3n) is 3.97. The minimum atomic E-state index is 0.0197. The summed E-state index contributed by atoms with van der Waals surface area (Å²) < 4.78 is 11.0. The minimum absolute atomic E-state index is 0.0197. The number of carbonyl (C=O) groups is 1. The summed E-state index contributed by atoms with van der Waals surface area (Å²) in [6, 6.07) is 21.4. The van der Waals surface area contributed by atoms with Gasteiger partial charge in [-0.3, -0.25) is 4.79 Å². The molecule has 0 aliphatic rings. The highest BCUT2D eigenvalue weighted by Gasteiger charge is 2.08. The molecule has 1 aromatic heterocycles. The minimum Gasteiger partial charge on any atom is -0.497 e. The van der Waals surface area contributed by atoms with Crippen LogP contribution in [0.4, 0.5) is 0 Å². The molecule has 4 nitrogen and oxygen atoms in total. The summed E-state index contributed by atoms with van der Waals surface area (Å²) in [5, 5.41) is 2.93. The van der Waals surface area contributed by atoms with Crippen molar-refractivity contribution in [3.8, 4) is 17.1 Å². The molecule has 1 amide bonds. The van der Waals surface area contributed by atoms with Crippen LogP contribution in [0.25, 0.3) is 11.3 Å². The van der Waals surface area contributed by atoms with E-state index >= 15 is 0 Å². The number of nitrogens with one attached hydrogen (secondary N) is 1. The Bertz CT molecular complexity index is 807. The summed E-state index contributed by atoms with van der Waals surface area (Å²) in [7, 11) is 1.64. The van der Waals surface area contributed by atoms with Gasteiger partial charge in [-0.2, -0.15) is 0 Å². The molecule has 1 N–H and O–H groups in total. The molecule has 0 bridgehead atoms. The molecule has 0 fully saturated rings. The van der Waals surface area contributed by atoms with Gasteiger partial charge in [-0.15, -0.1) is 0 Å². The normalized spacial score (nSPS) is 10.4. The average molecular weight is 335 g/mol. The van der Waals surface area contributed by atoms with E-state index in [4.69, 9.17) is 9.15 Å². The predicted molar refractivity (Wildman–Crippen MR) is 97.3 cm³/mol. The van der Waals surface area contributed by atoms with Crippen molar-refractivity contribution in [1.82, 2.24) is 5.32 Å². The Labute approximate surface area is 147 Å². The number of methoxy groups -OCH3 is 1. The number of aryl methyl sites for hydroxylation is 1. The van der Waals surface area contributed by atoms with Crippen molar-refractivity contribution < 1.29 is 13.9 Å². The molecule has 0 spiro atoms. The summed E-state index contributed by atoms with van der Waals surface area (Å²) in [6.07, 6.45) is 0.985. The Kier molecular flexibility index (Phi) is 5.52. The lowest BCUT2D eigenvalue weighted by Gasteiger charge is -2.04. The highest BCUT2D eigenvalue weighted by molar-refractivity contribution is 5.76. The molecule has 3 aromatic rings. The van der Waals surface area contributed by atoms with E-state index in [0.29, 0.717) is 19.4 Å². The summed E-state index contributed by atoms with van der Waals surface area (Å²) in [6.45, 7) is 0.551. The zero-order chi connectivity index (χ0) is 17.5. The molecule has 4 heteroatoms. The highest BCUT2D eigenvalue weighted by atomic mass is 16.5. The van der Waals surface area contributed by atoms with Crippen LogP contribution >= 0.6 is 0 Å². The molecule has 0 saturated heterocycles. The highest BCUT2D eigenvalue weighted by Crippen LogP contribution is 2.24. The molecule has 3 rings (SSSR count). The average Bonchev–Trinajstić information content (AvgIpc) is 3.14. The molecule has 0 atom stereocenters. The van der Waals surface area contributed by atoms with Gasteiger partial charge in [-0.1, -0.05) is 30.3 Å². The molecular formula is C21H21NO3. The van der Waals surface area contributed by atoms with E-state index in [-0.39, 0.29) is 5.91 Å². The third-order valence-corrected chi connectivity index (χ3v) is 3.97. The Morgan fingerprint density at radius 1 is 1.00 bits per heavy atom. The molecule has 25 heavy (non-hydrogen) atoms. The Balaban J connectivity index is 1.50. The maximum atomic E-state index is 12.0. The molecule has 0 radical (unpaired) electrons. The topological polar surface area (TPSA) is 51.5 Å². The maximum absolute atomic E-state index is 12.0. The van der Waals surface area contributed by atoms with Gasteiger partial charge < -0.3 is 14.5 Å². The third kappa shape index (κ3) is 4.73. The van der Waals surface area contributed by atoms with Crippen LogP contribution in [0, 0.1) is 0 Å². The molecule has 1 heterocycles. The van der Waals surface area contributed by atoms with E-state index in [9.17, 15) is 4.79 Å². The number of amides is 1. The second kappa shape index (κ2) is 8.20. The fraction of sp³-hybridized carbons (Fsp3) is 0.190. The lowest BCUT2D eigenvalue weighted by atomic mass is 10.2. The standard InChI is InChI=1S/C21H21NO3/c1-24-18-9-7-17(8-10-18)20-13-11-19(25-20)12-14-21(23)22-15-16-5-3-2-4-6-16/h2-11,13H,12,14-15H2,1H3,(H,22,23). The molecule has 2 aromatic carbocycles. The smallest absolute Gasteiger partial charge is 0.220 e. The van der Waals surface area contributed by atoms with Crippen LogP contribution in [-0.4, -0.2) is 13.0 Å². The monoisotopic (exact) mass is 335 g/mol. The van der Waals surface area contributed by atoms with Crippen LogP contribution in [0.2, 0.25) is 0 Å². The van der Waals surface area contributed by atoms with Gasteiger partial charge in [0.05, 0.1) is 7.11 Å². The summed E-state index contributed by atoms with van der Waals surface area (Å²) >= 11 is 0. The number of ether oxygens (including phenoxy) is 1. The van der Waals surface area contributed by atoms with Crippen LogP contribution < -0.4 is 10.1 Å². The lowest BCUT2D eigenvalue weighted by molar-refractivity contribution is -0.121. The largest absolute Gasteiger partial charge is 0.497 e. The van der Waals surface area contributed by atoms with Gasteiger partial charge in [0.15, 0.2) is 0 Å². The van der Waals surface area contributed by atoms with Crippen molar-refractivity contribution in [3.63, 3.8) is 0 Å². The zero-order valence-corrected chi connectivity index (χ0v) is 14.2. The first-order chi connectivity index (χ1) is 12.2. The van der Waals surface area contributed by atoms with Crippen molar-refractivity contribution in [1.29, 1.82) is 0 Å². The first-order valence-corrected chi connectivity index (χ1v) is 8.28. The fourth-order valence-corrected chi connectivity index (χ4v) is 2.54. The van der Waals surface area contributed by atoms with Gasteiger partial charge in [0.2, 0.25) is 5.91 Å². The van der Waals surface area contributed by atoms with Crippen LogP contribution in [0.1, 0.15) is 17.7 Å². The van der Waals surface area contributed by atoms with Crippen molar-refractivity contribution in [3.05, 3.63) is 78.1 Å². The van der Waals surface area contributed by atoms with Crippen LogP contribution in [0.3, 0.4) is 0 Å². The zero-order valence-electron chi connectivity index (χ0n) is 14.2. The first kappa shape index (κ1) is 16.8. The fourth-order valence-electron chi connectivity index (χ4n) is 2.54. The van der Waals surface area contributed by atoms with Crippen LogP contribution in [0.5, 0.6) is 5.75 Å². The van der Waals surface area contributed by atoms with Crippen LogP contribution in [-0.2, 0) is 17.8 Å². The van der Waals surface area contributed by atoms with E-state index < -0.39 is 0 Å². The van der Waals surface area contributed by atoms with Gasteiger partial charge in [-0.25, -0.2) is 0 Å². The number of rotatable bonds is 7. The first-order valence-electron chi connectivity index (χ1n) is 8.28. The second-order valence-electron chi connectivity index (χ2n) is 5.76. The van der Waals surface area contributed by atoms with E-state index in [1.54, 1.807) is 7.11 Å². The second-order valence-corrected chi connectivity index (χ2v) is 5.76. The van der Waals surface area contributed by atoms with Gasteiger partial charge in [0.1, 0.15) is 17.3 Å². The van der Waals surface area contributed by atoms with Gasteiger partial charge in [0, 0.05) is 24.9 Å². The molecule has 128 valence electrons. The maximum Gasteiger partial charge on any atom is 0.220 e. The van der Waals surface area contributed by atoms with E-state index in [1.807, 2.05) is 66.7 Å². The SMILES string of the molecule is COc1ccc(-c2ccc(CCC(=O)NCc3ccccc3)o2)cc1. The summed E-state index contributed by atoms with van der Waals surface area (Å²) in [5.74, 6) is 2.43. The Morgan fingerprint density at radius 3 is 2.48 bits per heavy atom. The number of hydrogen-bond acceptors (Lipinski definition) is 3. The molecule has 0 aliphatic heterocycles. The van der Waals surface area contributed by atoms with Crippen LogP contribution in [0.15, 0.2) is 71.1 Å². The van der Waals surface area contributed by atoms with Crippen molar-refractivity contribution >= 4 is 5.91 Å². The van der Waals surface area contributed by atoms with E-state index in [1.165, 1.54) is 0 Å². The van der Waals surface area contributed by atoms with Gasteiger partial charge >= 0.3 is 0 Å².